The average Bonchev–Trinajstić information content (AvgIpc) is 2.17. The summed E-state index contributed by atoms with van der Waals surface area (Å²) < 4.78 is 0. The molecule has 0 spiro atoms. The van der Waals surface area contributed by atoms with Gasteiger partial charge in [-0.3, -0.25) is 0 Å². The summed E-state index contributed by atoms with van der Waals surface area (Å²) in [5.41, 5.74) is 7.43. The number of anilines is 1. The van der Waals surface area contributed by atoms with Crippen LogP contribution in [-0.2, 0) is 0 Å². The highest BCUT2D eigenvalue weighted by molar-refractivity contribution is 7.80. The molecule has 0 radical (unpaired) electrons. The SMILES string of the molecule is Cc1ccnc(N(C)CCO)c1C(N)=S. The smallest absolute Gasteiger partial charge is 0.138 e. The van der Waals surface area contributed by atoms with Crippen LogP contribution in [0.1, 0.15) is 11.1 Å². The first kappa shape index (κ1) is 11.9. The van der Waals surface area contributed by atoms with Crippen LogP contribution < -0.4 is 10.6 Å². The molecule has 0 saturated heterocycles. The van der Waals surface area contributed by atoms with Crippen LogP contribution in [0, 0.1) is 6.92 Å². The zero-order chi connectivity index (χ0) is 11.4. The minimum absolute atomic E-state index is 0.0723. The number of nitrogens with two attached hydrogens (primary N) is 1. The van der Waals surface area contributed by atoms with Gasteiger partial charge in [0.15, 0.2) is 0 Å². The molecule has 0 saturated carbocycles. The standard InChI is InChI=1S/C10H15N3OS/c1-7-3-4-12-10(8(7)9(11)15)13(2)5-6-14/h3-4,14H,5-6H2,1-2H3,(H2,11,15). The van der Waals surface area contributed by atoms with Crippen molar-refractivity contribution in [1.29, 1.82) is 0 Å². The van der Waals surface area contributed by atoms with Crippen LogP contribution in [0.15, 0.2) is 12.3 Å². The van der Waals surface area contributed by atoms with E-state index in [0.29, 0.717) is 11.5 Å². The van der Waals surface area contributed by atoms with Gasteiger partial charge in [0.25, 0.3) is 0 Å². The molecule has 82 valence electrons. The second-order valence-electron chi connectivity index (χ2n) is 3.34. The molecule has 0 bridgehead atoms. The second kappa shape index (κ2) is 5.04. The Morgan fingerprint density at radius 2 is 2.33 bits per heavy atom. The Bertz CT molecular complexity index is 368. The Labute approximate surface area is 94.7 Å². The molecule has 0 amide bonds. The quantitative estimate of drug-likeness (QED) is 0.729. The van der Waals surface area contributed by atoms with Crippen LogP contribution in [0.25, 0.3) is 0 Å². The lowest BCUT2D eigenvalue weighted by Crippen LogP contribution is -2.26. The highest BCUT2D eigenvalue weighted by Crippen LogP contribution is 2.19. The zero-order valence-electron chi connectivity index (χ0n) is 8.90. The molecule has 1 aromatic heterocycles. The van der Waals surface area contributed by atoms with E-state index in [4.69, 9.17) is 23.1 Å². The van der Waals surface area contributed by atoms with Crippen molar-refractivity contribution in [3.8, 4) is 0 Å². The fraction of sp³-hybridized carbons (Fsp3) is 0.400. The van der Waals surface area contributed by atoms with Gasteiger partial charge in [-0.1, -0.05) is 12.2 Å². The number of aryl methyl sites for hydroxylation is 1. The minimum Gasteiger partial charge on any atom is -0.395 e. The van der Waals surface area contributed by atoms with Crippen molar-refractivity contribution in [2.24, 2.45) is 5.73 Å². The normalized spacial score (nSPS) is 10.1. The maximum Gasteiger partial charge on any atom is 0.138 e. The molecule has 0 unspecified atom stereocenters. The molecule has 3 N–H and O–H groups in total. The van der Waals surface area contributed by atoms with Crippen molar-refractivity contribution >= 4 is 23.0 Å². The van der Waals surface area contributed by atoms with Gasteiger partial charge in [-0.05, 0) is 18.6 Å². The predicted octanol–water partition coefficient (Wildman–Crippen LogP) is 0.453. The van der Waals surface area contributed by atoms with Crippen molar-refractivity contribution in [2.75, 3.05) is 25.1 Å². The van der Waals surface area contributed by atoms with Gasteiger partial charge in [-0.15, -0.1) is 0 Å². The highest BCUT2D eigenvalue weighted by Gasteiger charge is 2.12. The molecule has 4 nitrogen and oxygen atoms in total. The zero-order valence-corrected chi connectivity index (χ0v) is 9.71. The number of hydrogen-bond acceptors (Lipinski definition) is 4. The maximum atomic E-state index is 8.86. The Morgan fingerprint density at radius 3 is 2.87 bits per heavy atom. The summed E-state index contributed by atoms with van der Waals surface area (Å²) in [7, 11) is 1.85. The molecule has 0 aliphatic rings. The van der Waals surface area contributed by atoms with Crippen molar-refractivity contribution in [1.82, 2.24) is 4.98 Å². The summed E-state index contributed by atoms with van der Waals surface area (Å²) in [4.78, 5) is 6.40. The molecule has 0 aliphatic carbocycles. The van der Waals surface area contributed by atoms with Crippen LogP contribution in [0.2, 0.25) is 0 Å². The number of aliphatic hydroxyl groups is 1. The first-order valence-electron chi connectivity index (χ1n) is 4.65. The number of aliphatic hydroxyl groups excluding tert-OH is 1. The van der Waals surface area contributed by atoms with Crippen LogP contribution in [0.3, 0.4) is 0 Å². The van der Waals surface area contributed by atoms with E-state index in [9.17, 15) is 0 Å². The maximum absolute atomic E-state index is 8.86. The van der Waals surface area contributed by atoms with E-state index in [1.807, 2.05) is 24.9 Å². The number of thiocarbonyl (C=S) groups is 1. The van der Waals surface area contributed by atoms with Crippen molar-refractivity contribution in [2.45, 2.75) is 6.92 Å². The fourth-order valence-electron chi connectivity index (χ4n) is 1.39. The van der Waals surface area contributed by atoms with Crippen LogP contribution in [0.4, 0.5) is 5.82 Å². The predicted molar refractivity (Wildman–Crippen MR) is 65.2 cm³/mol. The van der Waals surface area contributed by atoms with Gasteiger partial charge in [0.05, 0.1) is 12.2 Å². The number of likely N-dealkylation sites (N-methyl/N-ethyl adjacent to an activating group) is 1. The van der Waals surface area contributed by atoms with E-state index in [-0.39, 0.29) is 6.61 Å². The summed E-state index contributed by atoms with van der Waals surface area (Å²) in [6, 6.07) is 1.87. The van der Waals surface area contributed by atoms with Gasteiger partial charge in [0.1, 0.15) is 10.8 Å². The first-order chi connectivity index (χ1) is 7.07. The van der Waals surface area contributed by atoms with E-state index < -0.39 is 0 Å². The number of aromatic nitrogens is 1. The molecule has 15 heavy (non-hydrogen) atoms. The lowest BCUT2D eigenvalue weighted by Gasteiger charge is -2.20. The van der Waals surface area contributed by atoms with Gasteiger partial charge in [0.2, 0.25) is 0 Å². The van der Waals surface area contributed by atoms with Crippen molar-refractivity contribution in [3.05, 3.63) is 23.4 Å². The molecular formula is C10H15N3OS. The summed E-state index contributed by atoms with van der Waals surface area (Å²) in [5.74, 6) is 0.719. The average molecular weight is 225 g/mol. The fourth-order valence-corrected chi connectivity index (χ4v) is 1.65. The third kappa shape index (κ3) is 2.64. The number of nitrogens with zero attached hydrogens (tertiary/aromatic N) is 2. The summed E-state index contributed by atoms with van der Waals surface area (Å²) in [5, 5.41) is 8.86. The molecule has 0 aromatic carbocycles. The lowest BCUT2D eigenvalue weighted by atomic mass is 10.1. The Balaban J connectivity index is 3.16. The number of pyridine rings is 1. The van der Waals surface area contributed by atoms with Crippen molar-refractivity contribution < 1.29 is 5.11 Å². The highest BCUT2D eigenvalue weighted by atomic mass is 32.1. The van der Waals surface area contributed by atoms with Gasteiger partial charge < -0.3 is 15.7 Å². The Morgan fingerprint density at radius 1 is 1.67 bits per heavy atom. The topological polar surface area (TPSA) is 62.4 Å². The third-order valence-electron chi connectivity index (χ3n) is 2.18. The molecule has 0 aliphatic heterocycles. The Hall–Kier alpha value is -1.20. The molecule has 0 atom stereocenters. The molecular weight excluding hydrogens is 210 g/mol. The van der Waals surface area contributed by atoms with E-state index in [0.717, 1.165) is 16.9 Å². The van der Waals surface area contributed by atoms with Gasteiger partial charge in [0, 0.05) is 19.8 Å². The molecule has 0 fully saturated rings. The van der Waals surface area contributed by atoms with Gasteiger partial charge >= 0.3 is 0 Å². The van der Waals surface area contributed by atoms with Crippen LogP contribution >= 0.6 is 12.2 Å². The first-order valence-corrected chi connectivity index (χ1v) is 5.06. The Kier molecular flexibility index (Phi) is 3.99. The molecule has 1 aromatic rings. The van der Waals surface area contributed by atoms with Gasteiger partial charge in [-0.25, -0.2) is 4.98 Å². The van der Waals surface area contributed by atoms with Gasteiger partial charge in [-0.2, -0.15) is 0 Å². The second-order valence-corrected chi connectivity index (χ2v) is 3.78. The molecule has 1 rings (SSSR count). The largest absolute Gasteiger partial charge is 0.395 e. The van der Waals surface area contributed by atoms with Crippen molar-refractivity contribution in [3.63, 3.8) is 0 Å². The van der Waals surface area contributed by atoms with E-state index >= 15 is 0 Å². The van der Waals surface area contributed by atoms with E-state index in [1.54, 1.807) is 6.20 Å². The summed E-state index contributed by atoms with van der Waals surface area (Å²) in [6.45, 7) is 2.52. The summed E-state index contributed by atoms with van der Waals surface area (Å²) in [6.07, 6.45) is 1.71. The van der Waals surface area contributed by atoms with E-state index in [1.165, 1.54) is 0 Å². The monoisotopic (exact) mass is 225 g/mol. The minimum atomic E-state index is 0.0723. The third-order valence-corrected chi connectivity index (χ3v) is 2.39. The number of hydrogen-bond donors (Lipinski definition) is 2. The van der Waals surface area contributed by atoms with Crippen LogP contribution in [-0.4, -0.2) is 35.3 Å². The molecule has 5 heteroatoms. The van der Waals surface area contributed by atoms with E-state index in [2.05, 4.69) is 4.98 Å². The summed E-state index contributed by atoms with van der Waals surface area (Å²) >= 11 is 4.99. The lowest BCUT2D eigenvalue weighted by molar-refractivity contribution is 0.304. The number of rotatable bonds is 4. The molecule has 1 heterocycles. The van der Waals surface area contributed by atoms with Crippen LogP contribution in [0.5, 0.6) is 0 Å².